The number of hydrogen-bond donors (Lipinski definition) is 0. The van der Waals surface area contributed by atoms with Gasteiger partial charge in [0.05, 0.1) is 7.11 Å². The van der Waals surface area contributed by atoms with Gasteiger partial charge in [-0.15, -0.1) is 0 Å². The van der Waals surface area contributed by atoms with Crippen molar-refractivity contribution in [3.8, 4) is 27.6 Å². The molecule has 0 bridgehead atoms. The summed E-state index contributed by atoms with van der Waals surface area (Å²) < 4.78 is 5.34. The van der Waals surface area contributed by atoms with Crippen LogP contribution in [0.4, 0.5) is 10.7 Å². The molecule has 5 nitrogen and oxygen atoms in total. The minimum Gasteiger partial charge on any atom is -0.497 e. The summed E-state index contributed by atoms with van der Waals surface area (Å²) in [6.07, 6.45) is 0. The average molecular weight is 531 g/mol. The number of amidine groups is 1. The van der Waals surface area contributed by atoms with Gasteiger partial charge in [0.15, 0.2) is 0 Å². The van der Waals surface area contributed by atoms with Crippen molar-refractivity contribution in [1.82, 2.24) is 9.88 Å². The van der Waals surface area contributed by atoms with Crippen molar-refractivity contribution in [2.75, 3.05) is 38.2 Å². The molecule has 0 unspecified atom stereocenters. The van der Waals surface area contributed by atoms with Gasteiger partial charge in [0.2, 0.25) is 0 Å². The van der Waals surface area contributed by atoms with Gasteiger partial charge in [-0.1, -0.05) is 102 Å². The van der Waals surface area contributed by atoms with E-state index in [9.17, 15) is 0 Å². The van der Waals surface area contributed by atoms with Crippen LogP contribution >= 0.6 is 11.3 Å². The Kier molecular flexibility index (Phi) is 7.36. The van der Waals surface area contributed by atoms with E-state index >= 15 is 0 Å². The van der Waals surface area contributed by atoms with Crippen molar-refractivity contribution in [2.24, 2.45) is 4.99 Å². The second-order valence-corrected chi connectivity index (χ2v) is 10.4. The Morgan fingerprint density at radius 1 is 0.718 bits per heavy atom. The number of rotatable bonds is 6. The van der Waals surface area contributed by atoms with Crippen molar-refractivity contribution in [3.63, 3.8) is 0 Å². The molecule has 1 saturated heterocycles. The highest BCUT2D eigenvalue weighted by Gasteiger charge is 2.23. The van der Waals surface area contributed by atoms with E-state index in [-0.39, 0.29) is 0 Å². The van der Waals surface area contributed by atoms with Crippen LogP contribution in [0.3, 0.4) is 0 Å². The zero-order chi connectivity index (χ0) is 26.4. The van der Waals surface area contributed by atoms with Crippen LogP contribution in [0.25, 0.3) is 21.8 Å². The standard InChI is InChI=1S/C33H30N4OS/c1-38-29-19-17-28(18-20-29)36-21-23-37(24-22-36)31(26-13-7-3-8-14-26)35-33-30(25-11-5-2-6-12-25)34-32(39-33)27-15-9-4-10-16-27/h2-20H,21-24H2,1H3. The molecule has 0 aliphatic carbocycles. The number of piperazine rings is 1. The second kappa shape index (κ2) is 11.5. The van der Waals surface area contributed by atoms with Crippen LogP contribution < -0.4 is 9.64 Å². The Morgan fingerprint density at radius 2 is 1.31 bits per heavy atom. The molecular weight excluding hydrogens is 500 g/mol. The highest BCUT2D eigenvalue weighted by Crippen LogP contribution is 2.40. The highest BCUT2D eigenvalue weighted by atomic mass is 32.1. The summed E-state index contributed by atoms with van der Waals surface area (Å²) in [5, 5.41) is 1.90. The maximum atomic E-state index is 5.36. The number of methoxy groups -OCH3 is 1. The molecule has 1 aromatic heterocycles. The Hall–Kier alpha value is -4.42. The number of benzene rings is 4. The molecule has 0 atom stereocenters. The Morgan fingerprint density at radius 3 is 1.92 bits per heavy atom. The second-order valence-electron chi connectivity index (χ2n) is 9.38. The van der Waals surface area contributed by atoms with Gasteiger partial charge in [-0.3, -0.25) is 0 Å². The lowest BCUT2D eigenvalue weighted by Gasteiger charge is -2.37. The molecule has 0 amide bonds. The predicted octanol–water partition coefficient (Wildman–Crippen LogP) is 7.39. The smallest absolute Gasteiger partial charge is 0.146 e. The van der Waals surface area contributed by atoms with Crippen LogP contribution in [-0.2, 0) is 0 Å². The van der Waals surface area contributed by atoms with Gasteiger partial charge in [-0.05, 0) is 24.3 Å². The third-order valence-electron chi connectivity index (χ3n) is 6.93. The number of thiazole rings is 1. The van der Waals surface area contributed by atoms with Crippen molar-refractivity contribution in [3.05, 3.63) is 121 Å². The van der Waals surface area contributed by atoms with E-state index in [0.717, 1.165) is 70.2 Å². The molecule has 1 fully saturated rings. The molecule has 6 heteroatoms. The van der Waals surface area contributed by atoms with Crippen LogP contribution in [0.1, 0.15) is 5.56 Å². The number of aliphatic imine (C=N–C) groups is 1. The Labute approximate surface area is 233 Å². The molecule has 1 aliphatic rings. The van der Waals surface area contributed by atoms with Crippen LogP contribution in [0.15, 0.2) is 120 Å². The highest BCUT2D eigenvalue weighted by molar-refractivity contribution is 7.19. The molecular formula is C33H30N4OS. The van der Waals surface area contributed by atoms with E-state index in [2.05, 4.69) is 101 Å². The minimum atomic E-state index is 0.879. The molecule has 5 aromatic rings. The predicted molar refractivity (Wildman–Crippen MR) is 162 cm³/mol. The quantitative estimate of drug-likeness (QED) is 0.170. The van der Waals surface area contributed by atoms with Crippen molar-refractivity contribution >= 4 is 27.9 Å². The van der Waals surface area contributed by atoms with Gasteiger partial charge in [0.1, 0.15) is 27.3 Å². The lowest BCUT2D eigenvalue weighted by atomic mass is 10.1. The lowest BCUT2D eigenvalue weighted by Crippen LogP contribution is -2.49. The van der Waals surface area contributed by atoms with E-state index in [1.165, 1.54) is 5.69 Å². The molecule has 2 heterocycles. The van der Waals surface area contributed by atoms with Crippen LogP contribution in [0.2, 0.25) is 0 Å². The van der Waals surface area contributed by atoms with Crippen molar-refractivity contribution in [1.29, 1.82) is 0 Å². The first kappa shape index (κ1) is 24.9. The summed E-state index contributed by atoms with van der Waals surface area (Å²) >= 11 is 1.65. The molecule has 0 radical (unpaired) electrons. The van der Waals surface area contributed by atoms with Gasteiger partial charge in [-0.2, -0.15) is 0 Å². The molecule has 0 spiro atoms. The molecule has 0 saturated carbocycles. The Balaban J connectivity index is 1.36. The van der Waals surface area contributed by atoms with Gasteiger partial charge in [-0.25, -0.2) is 9.98 Å². The van der Waals surface area contributed by atoms with E-state index in [0.29, 0.717) is 0 Å². The zero-order valence-corrected chi connectivity index (χ0v) is 22.7. The summed E-state index contributed by atoms with van der Waals surface area (Å²) in [4.78, 5) is 15.3. The van der Waals surface area contributed by atoms with E-state index in [4.69, 9.17) is 14.7 Å². The third-order valence-corrected chi connectivity index (χ3v) is 7.93. The number of nitrogens with zero attached hydrogens (tertiary/aromatic N) is 4. The summed E-state index contributed by atoms with van der Waals surface area (Å²) in [5.41, 5.74) is 5.44. The van der Waals surface area contributed by atoms with Gasteiger partial charge >= 0.3 is 0 Å². The number of anilines is 1. The molecule has 39 heavy (non-hydrogen) atoms. The summed E-state index contributed by atoms with van der Waals surface area (Å²) in [7, 11) is 1.70. The number of hydrogen-bond acceptors (Lipinski definition) is 5. The fourth-order valence-corrected chi connectivity index (χ4v) is 5.81. The first-order chi connectivity index (χ1) is 19.3. The Bertz CT molecular complexity index is 1530. The monoisotopic (exact) mass is 530 g/mol. The largest absolute Gasteiger partial charge is 0.497 e. The molecule has 194 valence electrons. The summed E-state index contributed by atoms with van der Waals surface area (Å²) in [6, 6.07) is 39.6. The topological polar surface area (TPSA) is 41.0 Å². The van der Waals surface area contributed by atoms with Crippen LogP contribution in [0, 0.1) is 0 Å². The first-order valence-electron chi connectivity index (χ1n) is 13.2. The third kappa shape index (κ3) is 5.56. The fraction of sp³-hybridized carbons (Fsp3) is 0.152. The van der Waals surface area contributed by atoms with Crippen molar-refractivity contribution < 1.29 is 4.74 Å². The maximum absolute atomic E-state index is 5.36. The van der Waals surface area contributed by atoms with Crippen molar-refractivity contribution in [2.45, 2.75) is 0 Å². The van der Waals surface area contributed by atoms with E-state index in [1.54, 1.807) is 18.4 Å². The van der Waals surface area contributed by atoms with Gasteiger partial charge in [0, 0.05) is 48.6 Å². The molecule has 6 rings (SSSR count). The van der Waals surface area contributed by atoms with Gasteiger partial charge < -0.3 is 14.5 Å². The minimum absolute atomic E-state index is 0.879. The fourth-order valence-electron chi connectivity index (χ4n) is 4.85. The van der Waals surface area contributed by atoms with Gasteiger partial charge in [0.25, 0.3) is 0 Å². The zero-order valence-electron chi connectivity index (χ0n) is 21.9. The molecule has 4 aromatic carbocycles. The van der Waals surface area contributed by atoms with E-state index in [1.807, 2.05) is 24.3 Å². The van der Waals surface area contributed by atoms with E-state index < -0.39 is 0 Å². The number of aromatic nitrogens is 1. The summed E-state index contributed by atoms with van der Waals surface area (Å²) in [5.74, 6) is 1.87. The number of ether oxygens (including phenoxy) is 1. The molecule has 1 aliphatic heterocycles. The lowest BCUT2D eigenvalue weighted by molar-refractivity contribution is 0.386. The molecule has 0 N–H and O–H groups in total. The maximum Gasteiger partial charge on any atom is 0.146 e. The van der Waals surface area contributed by atoms with Crippen LogP contribution in [-0.4, -0.2) is 49.0 Å². The normalized spacial score (nSPS) is 13.9. The average Bonchev–Trinajstić information content (AvgIpc) is 3.45. The first-order valence-corrected chi connectivity index (χ1v) is 14.0. The SMILES string of the molecule is COc1ccc(N2CCN(C(=Nc3sc(-c4ccccc4)nc3-c3ccccc3)c3ccccc3)CC2)cc1. The summed E-state index contributed by atoms with van der Waals surface area (Å²) in [6.45, 7) is 3.60. The van der Waals surface area contributed by atoms with Crippen LogP contribution in [0.5, 0.6) is 5.75 Å².